The molecule has 30 heavy (non-hydrogen) atoms. The fraction of sp³-hybridized carbons (Fsp3) is 0.167. The van der Waals surface area contributed by atoms with Crippen molar-refractivity contribution in [1.82, 2.24) is 9.38 Å². The van der Waals surface area contributed by atoms with Gasteiger partial charge in [-0.15, -0.1) is 0 Å². The number of carbonyl (C=O) groups is 1. The average Bonchev–Trinajstić information content (AvgIpc) is 3.07. The number of amides is 1. The molecule has 0 bridgehead atoms. The van der Waals surface area contributed by atoms with E-state index in [0.29, 0.717) is 15.7 Å². The van der Waals surface area contributed by atoms with Crippen LogP contribution in [0.3, 0.4) is 0 Å². The van der Waals surface area contributed by atoms with Gasteiger partial charge in [0.15, 0.2) is 0 Å². The first-order chi connectivity index (χ1) is 14.3. The number of carbonyl (C=O) groups excluding carboxylic acids is 1. The van der Waals surface area contributed by atoms with E-state index in [-0.39, 0.29) is 12.3 Å². The summed E-state index contributed by atoms with van der Waals surface area (Å²) in [7, 11) is 0. The molecule has 0 atom stereocenters. The molecule has 2 heterocycles. The molecular weight excluding hydrogens is 417 g/mol. The molecule has 4 nitrogen and oxygen atoms in total. The molecule has 0 unspecified atom stereocenters. The average molecular weight is 438 g/mol. The first-order valence-electron chi connectivity index (χ1n) is 9.62. The Morgan fingerprint density at radius 3 is 2.50 bits per heavy atom. The number of rotatable bonds is 4. The van der Waals surface area contributed by atoms with Gasteiger partial charge in [0.1, 0.15) is 5.65 Å². The highest BCUT2D eigenvalue weighted by molar-refractivity contribution is 6.42. The second-order valence-electron chi connectivity index (χ2n) is 7.44. The summed E-state index contributed by atoms with van der Waals surface area (Å²) < 4.78 is 1.99. The predicted octanol–water partition coefficient (Wildman–Crippen LogP) is 6.41. The standard InChI is InChI=1S/C24H21Cl2N3O/c1-14-6-7-17(11-16(14)3)23-21(29-10-4-5-15(2)24(29)28-23)13-22(30)27-18-8-9-19(25)20(26)12-18/h4-12H,13H2,1-3H3,(H,27,30). The third kappa shape index (κ3) is 3.93. The molecule has 2 aromatic carbocycles. The van der Waals surface area contributed by atoms with Crippen molar-refractivity contribution in [1.29, 1.82) is 0 Å². The lowest BCUT2D eigenvalue weighted by molar-refractivity contribution is -0.115. The molecule has 1 N–H and O–H groups in total. The van der Waals surface area contributed by atoms with E-state index in [9.17, 15) is 4.79 Å². The number of imidazole rings is 1. The zero-order valence-corrected chi connectivity index (χ0v) is 18.5. The molecule has 0 radical (unpaired) electrons. The number of pyridine rings is 1. The van der Waals surface area contributed by atoms with Crippen molar-refractivity contribution in [3.63, 3.8) is 0 Å². The Labute approximate surface area is 185 Å². The number of halogens is 2. The molecule has 152 valence electrons. The molecule has 0 spiro atoms. The second-order valence-corrected chi connectivity index (χ2v) is 8.26. The van der Waals surface area contributed by atoms with E-state index in [1.807, 2.05) is 29.7 Å². The van der Waals surface area contributed by atoms with Crippen LogP contribution in [-0.2, 0) is 11.2 Å². The van der Waals surface area contributed by atoms with Crippen LogP contribution in [0.5, 0.6) is 0 Å². The molecule has 0 aliphatic carbocycles. The molecule has 1 amide bonds. The molecule has 6 heteroatoms. The number of benzene rings is 2. The van der Waals surface area contributed by atoms with Crippen LogP contribution in [-0.4, -0.2) is 15.3 Å². The molecule has 0 saturated heterocycles. The number of aromatic nitrogens is 2. The van der Waals surface area contributed by atoms with Crippen molar-refractivity contribution in [2.24, 2.45) is 0 Å². The van der Waals surface area contributed by atoms with Gasteiger partial charge in [0.05, 0.1) is 27.9 Å². The molecule has 0 saturated carbocycles. The summed E-state index contributed by atoms with van der Waals surface area (Å²) in [5, 5.41) is 3.75. The van der Waals surface area contributed by atoms with E-state index < -0.39 is 0 Å². The Balaban J connectivity index is 1.74. The number of aryl methyl sites for hydroxylation is 3. The molecule has 0 aliphatic heterocycles. The zero-order valence-electron chi connectivity index (χ0n) is 17.0. The number of fused-ring (bicyclic) bond motifs is 1. The fourth-order valence-electron chi connectivity index (χ4n) is 3.47. The minimum absolute atomic E-state index is 0.151. The Bertz CT molecular complexity index is 1280. The van der Waals surface area contributed by atoms with Gasteiger partial charge >= 0.3 is 0 Å². The van der Waals surface area contributed by atoms with Crippen molar-refractivity contribution < 1.29 is 4.79 Å². The van der Waals surface area contributed by atoms with Gasteiger partial charge < -0.3 is 9.72 Å². The quantitative estimate of drug-likeness (QED) is 0.400. The lowest BCUT2D eigenvalue weighted by Gasteiger charge is -2.09. The van der Waals surface area contributed by atoms with E-state index >= 15 is 0 Å². The lowest BCUT2D eigenvalue weighted by atomic mass is 10.0. The number of hydrogen-bond acceptors (Lipinski definition) is 2. The SMILES string of the molecule is Cc1ccc(-c2nc3c(C)cccn3c2CC(=O)Nc2ccc(Cl)c(Cl)c2)cc1C. The summed E-state index contributed by atoms with van der Waals surface area (Å²) in [6.45, 7) is 6.18. The van der Waals surface area contributed by atoms with Gasteiger partial charge in [-0.2, -0.15) is 0 Å². The first-order valence-corrected chi connectivity index (χ1v) is 10.4. The third-order valence-electron chi connectivity index (χ3n) is 5.26. The number of nitrogens with one attached hydrogen (secondary N) is 1. The van der Waals surface area contributed by atoms with Gasteiger partial charge in [0, 0.05) is 17.4 Å². The van der Waals surface area contributed by atoms with Crippen LogP contribution < -0.4 is 5.32 Å². The summed E-state index contributed by atoms with van der Waals surface area (Å²) in [6, 6.07) is 15.3. The maximum atomic E-state index is 12.9. The molecular formula is C24H21Cl2N3O. The van der Waals surface area contributed by atoms with Crippen LogP contribution in [0.25, 0.3) is 16.9 Å². The van der Waals surface area contributed by atoms with Gasteiger partial charge in [-0.1, -0.05) is 41.4 Å². The van der Waals surface area contributed by atoms with E-state index in [1.165, 1.54) is 11.1 Å². The van der Waals surface area contributed by atoms with E-state index in [4.69, 9.17) is 28.2 Å². The van der Waals surface area contributed by atoms with Crippen molar-refractivity contribution in [2.75, 3.05) is 5.32 Å². The molecule has 4 aromatic rings. The zero-order chi connectivity index (χ0) is 21.4. The minimum Gasteiger partial charge on any atom is -0.326 e. The van der Waals surface area contributed by atoms with Crippen LogP contribution in [0.2, 0.25) is 10.0 Å². The molecule has 0 fully saturated rings. The van der Waals surface area contributed by atoms with Crippen LogP contribution in [0.15, 0.2) is 54.7 Å². The maximum Gasteiger partial charge on any atom is 0.230 e. The highest BCUT2D eigenvalue weighted by Gasteiger charge is 2.18. The fourth-order valence-corrected chi connectivity index (χ4v) is 3.77. The van der Waals surface area contributed by atoms with Gasteiger partial charge in [-0.05, 0) is 67.8 Å². The van der Waals surface area contributed by atoms with Gasteiger partial charge in [0.25, 0.3) is 0 Å². The topological polar surface area (TPSA) is 46.4 Å². The molecule has 2 aromatic heterocycles. The largest absolute Gasteiger partial charge is 0.326 e. The van der Waals surface area contributed by atoms with Gasteiger partial charge in [-0.25, -0.2) is 4.98 Å². The number of hydrogen-bond donors (Lipinski definition) is 1. The predicted molar refractivity (Wildman–Crippen MR) is 124 cm³/mol. The van der Waals surface area contributed by atoms with Gasteiger partial charge in [-0.3, -0.25) is 4.79 Å². The Morgan fingerprint density at radius 2 is 1.77 bits per heavy atom. The van der Waals surface area contributed by atoms with E-state index in [1.54, 1.807) is 18.2 Å². The Kier molecular flexibility index (Phi) is 5.54. The summed E-state index contributed by atoms with van der Waals surface area (Å²) in [4.78, 5) is 17.8. The molecule has 4 rings (SSSR count). The van der Waals surface area contributed by atoms with Crippen molar-refractivity contribution in [3.8, 4) is 11.3 Å². The summed E-state index contributed by atoms with van der Waals surface area (Å²) in [5.41, 5.74) is 7.57. The summed E-state index contributed by atoms with van der Waals surface area (Å²) >= 11 is 12.0. The van der Waals surface area contributed by atoms with Crippen LogP contribution in [0.4, 0.5) is 5.69 Å². The Hall–Kier alpha value is -2.82. The number of anilines is 1. The van der Waals surface area contributed by atoms with Crippen LogP contribution in [0.1, 0.15) is 22.4 Å². The van der Waals surface area contributed by atoms with Crippen LogP contribution in [0, 0.1) is 20.8 Å². The van der Waals surface area contributed by atoms with E-state index in [0.717, 1.165) is 28.2 Å². The van der Waals surface area contributed by atoms with Crippen molar-refractivity contribution >= 4 is 40.4 Å². The lowest BCUT2D eigenvalue weighted by Crippen LogP contribution is -2.16. The van der Waals surface area contributed by atoms with Crippen molar-refractivity contribution in [2.45, 2.75) is 27.2 Å². The highest BCUT2D eigenvalue weighted by Crippen LogP contribution is 2.29. The van der Waals surface area contributed by atoms with Crippen molar-refractivity contribution in [3.05, 3.63) is 87.2 Å². The molecule has 0 aliphatic rings. The van der Waals surface area contributed by atoms with E-state index in [2.05, 4.69) is 37.4 Å². The monoisotopic (exact) mass is 437 g/mol. The summed E-state index contributed by atoms with van der Waals surface area (Å²) in [6.07, 6.45) is 2.12. The summed E-state index contributed by atoms with van der Waals surface area (Å²) in [5.74, 6) is -0.151. The highest BCUT2D eigenvalue weighted by atomic mass is 35.5. The van der Waals surface area contributed by atoms with Crippen LogP contribution >= 0.6 is 23.2 Å². The smallest absolute Gasteiger partial charge is 0.230 e. The maximum absolute atomic E-state index is 12.9. The second kappa shape index (κ2) is 8.13. The normalized spacial score (nSPS) is 11.1. The number of nitrogens with zero attached hydrogens (tertiary/aromatic N) is 2. The Morgan fingerprint density at radius 1 is 0.967 bits per heavy atom. The minimum atomic E-state index is -0.151. The van der Waals surface area contributed by atoms with Gasteiger partial charge in [0.2, 0.25) is 5.91 Å². The third-order valence-corrected chi connectivity index (χ3v) is 5.99. The first kappa shape index (κ1) is 20.5.